The summed E-state index contributed by atoms with van der Waals surface area (Å²) in [6, 6.07) is 8.68. The van der Waals surface area contributed by atoms with Crippen molar-refractivity contribution in [2.45, 2.75) is 25.7 Å². The quantitative estimate of drug-likeness (QED) is 0.625. The number of allylic oxidation sites excluding steroid dienone is 1. The second-order valence-electron chi connectivity index (χ2n) is 3.45. The van der Waals surface area contributed by atoms with Gasteiger partial charge >= 0.3 is 41.3 Å². The first-order valence-electron chi connectivity index (χ1n) is 5.06. The molecular weight excluding hydrogens is 352 g/mol. The topological polar surface area (TPSA) is 0 Å². The summed E-state index contributed by atoms with van der Waals surface area (Å²) in [4.78, 5) is 0. The van der Waals surface area contributed by atoms with Crippen molar-refractivity contribution in [3.8, 4) is 0 Å². The Labute approximate surface area is 114 Å². The van der Waals surface area contributed by atoms with Crippen LogP contribution in [0.1, 0.15) is 36.8 Å². The van der Waals surface area contributed by atoms with Crippen LogP contribution < -0.4 is 0 Å². The van der Waals surface area contributed by atoms with Gasteiger partial charge in [0.15, 0.2) is 0 Å². The van der Waals surface area contributed by atoms with Crippen LogP contribution in [-0.4, -0.2) is 0 Å². The average Bonchev–Trinajstić information content (AvgIpc) is 2.64. The first-order valence-corrected chi connectivity index (χ1v) is 12.8. The van der Waals surface area contributed by atoms with Gasteiger partial charge in [-0.2, -0.15) is 0 Å². The molecule has 0 saturated heterocycles. The molecule has 0 aromatic heterocycles. The van der Waals surface area contributed by atoms with Crippen LogP contribution in [0.15, 0.2) is 30.3 Å². The molecule has 0 saturated carbocycles. The molecule has 1 aromatic rings. The van der Waals surface area contributed by atoms with Crippen LogP contribution in [0.5, 0.6) is 0 Å². The fraction of sp³-hybridized carbons (Fsp3) is 0.333. The fourth-order valence-electron chi connectivity index (χ4n) is 1.89. The van der Waals surface area contributed by atoms with E-state index in [1.54, 1.807) is 0 Å². The van der Waals surface area contributed by atoms with Crippen molar-refractivity contribution in [1.29, 1.82) is 0 Å². The predicted molar refractivity (Wildman–Crippen MR) is 71.0 cm³/mol. The van der Waals surface area contributed by atoms with Gasteiger partial charge in [-0.25, -0.2) is 0 Å². The Bertz CT molecular complexity index is 323. The first-order chi connectivity index (χ1) is 7.33. The third-order valence-electron chi connectivity index (χ3n) is 2.50. The molecule has 0 N–H and O–H groups in total. The van der Waals surface area contributed by atoms with E-state index in [-0.39, 0.29) is 15.0 Å². The fourth-order valence-corrected chi connectivity index (χ4v) is 1.89. The number of hydrogen-bond donors (Lipinski definition) is 0. The number of fused-ring (bicyclic) bond motifs is 1. The van der Waals surface area contributed by atoms with Crippen molar-refractivity contribution in [3.63, 3.8) is 0 Å². The summed E-state index contributed by atoms with van der Waals surface area (Å²) in [5.41, 5.74) is 2.93. The van der Waals surface area contributed by atoms with Gasteiger partial charge in [-0.1, -0.05) is 49.8 Å². The zero-order valence-corrected chi connectivity index (χ0v) is 13.4. The third kappa shape index (κ3) is 4.18. The minimum absolute atomic E-state index is 0.125. The summed E-state index contributed by atoms with van der Waals surface area (Å²) >= 11 is 6.50. The molecule has 1 aromatic carbocycles. The molecule has 0 bridgehead atoms. The van der Waals surface area contributed by atoms with E-state index in [4.69, 9.17) is 0 Å². The van der Waals surface area contributed by atoms with Crippen molar-refractivity contribution in [3.05, 3.63) is 41.5 Å². The van der Waals surface area contributed by atoms with E-state index in [2.05, 4.69) is 69.7 Å². The second kappa shape index (κ2) is 7.83. The molecule has 0 spiro atoms. The van der Waals surface area contributed by atoms with E-state index in [1.165, 1.54) is 24.0 Å². The van der Waals surface area contributed by atoms with Gasteiger partial charge in [-0.3, -0.25) is 0 Å². The summed E-state index contributed by atoms with van der Waals surface area (Å²) in [5, 5.41) is 0. The average molecular weight is 366 g/mol. The van der Waals surface area contributed by atoms with Crippen LogP contribution >= 0.6 is 26.3 Å². The van der Waals surface area contributed by atoms with Crippen LogP contribution in [0.2, 0.25) is 0 Å². The Morgan fingerprint density at radius 2 is 1.93 bits per heavy atom. The molecule has 1 atom stereocenters. The summed E-state index contributed by atoms with van der Waals surface area (Å²) in [6.45, 7) is 2.24. The van der Waals surface area contributed by atoms with Gasteiger partial charge < -0.3 is 0 Å². The van der Waals surface area contributed by atoms with Crippen LogP contribution in [0, 0.1) is 0 Å². The van der Waals surface area contributed by atoms with E-state index >= 15 is 0 Å². The van der Waals surface area contributed by atoms with Gasteiger partial charge in [0.1, 0.15) is 0 Å². The second-order valence-corrected chi connectivity index (χ2v) is 11.3. The van der Waals surface area contributed by atoms with Gasteiger partial charge in [0.2, 0.25) is 0 Å². The summed E-state index contributed by atoms with van der Waals surface area (Å²) < 4.78 is 0. The van der Waals surface area contributed by atoms with Crippen LogP contribution in [-0.2, 0) is 15.0 Å². The molecule has 3 heteroatoms. The number of rotatable bonds is 2. The molecule has 0 aliphatic heterocycles. The standard InChI is InChI=1S/C12H14.2BrH.Ti/c1-2-5-10-8-9-11-6-3-4-7-12(10)11;;;/h3-4,6-10H,2,5H2,1H3;2*1H;/q;;;+2/p-2. The van der Waals surface area contributed by atoms with Crippen LogP contribution in [0.25, 0.3) is 6.08 Å². The van der Waals surface area contributed by atoms with E-state index < -0.39 is 0 Å². The molecule has 0 fully saturated rings. The Morgan fingerprint density at radius 1 is 1.27 bits per heavy atom. The van der Waals surface area contributed by atoms with Crippen LogP contribution in [0.4, 0.5) is 0 Å². The molecule has 1 aliphatic carbocycles. The number of benzene rings is 1. The van der Waals surface area contributed by atoms with E-state index in [0.29, 0.717) is 5.92 Å². The van der Waals surface area contributed by atoms with Gasteiger partial charge in [-0.15, -0.1) is 0 Å². The van der Waals surface area contributed by atoms with Crippen molar-refractivity contribution in [1.82, 2.24) is 0 Å². The van der Waals surface area contributed by atoms with Gasteiger partial charge in [0, 0.05) is 5.92 Å². The van der Waals surface area contributed by atoms with Gasteiger partial charge in [0.05, 0.1) is 0 Å². The molecule has 1 unspecified atom stereocenters. The monoisotopic (exact) mass is 364 g/mol. The van der Waals surface area contributed by atoms with Crippen molar-refractivity contribution in [2.24, 2.45) is 0 Å². The van der Waals surface area contributed by atoms with E-state index in [1.807, 2.05) is 0 Å². The van der Waals surface area contributed by atoms with E-state index in [9.17, 15) is 0 Å². The molecule has 15 heavy (non-hydrogen) atoms. The Balaban J connectivity index is 0.000000337. The summed E-state index contributed by atoms with van der Waals surface area (Å²) in [7, 11) is 0. The third-order valence-corrected chi connectivity index (χ3v) is 2.50. The maximum absolute atomic E-state index is 3.19. The molecule has 80 valence electrons. The molecular formula is C12H14Br2Ti. The summed E-state index contributed by atoms with van der Waals surface area (Å²) in [5.74, 6) is 0.686. The maximum atomic E-state index is 3.19. The molecule has 0 heterocycles. The summed E-state index contributed by atoms with van der Waals surface area (Å²) in [6.07, 6.45) is 7.13. The van der Waals surface area contributed by atoms with E-state index in [0.717, 1.165) is 0 Å². The molecule has 2 rings (SSSR count). The first kappa shape index (κ1) is 13.7. The van der Waals surface area contributed by atoms with Crippen molar-refractivity contribution in [2.75, 3.05) is 0 Å². The molecule has 1 aliphatic rings. The predicted octanol–water partition coefficient (Wildman–Crippen LogP) is 5.29. The molecule has 0 amide bonds. The number of hydrogen-bond acceptors (Lipinski definition) is 0. The van der Waals surface area contributed by atoms with Crippen molar-refractivity contribution >= 4 is 32.4 Å². The molecule has 0 nitrogen and oxygen atoms in total. The Hall–Kier alpha value is 0.634. The molecule has 0 radical (unpaired) electrons. The zero-order chi connectivity index (χ0) is 11.1. The van der Waals surface area contributed by atoms with Gasteiger partial charge in [0.25, 0.3) is 0 Å². The van der Waals surface area contributed by atoms with Crippen LogP contribution in [0.3, 0.4) is 0 Å². The zero-order valence-electron chi connectivity index (χ0n) is 8.71. The van der Waals surface area contributed by atoms with Gasteiger partial charge in [-0.05, 0) is 17.5 Å². The van der Waals surface area contributed by atoms with Crippen molar-refractivity contribution < 1.29 is 15.0 Å². The Morgan fingerprint density at radius 3 is 2.60 bits per heavy atom. The minimum atomic E-state index is 0.125. The SMILES string of the molecule is CCCC1C=Cc2ccccc21.[Br][Ti][Br]. The normalized spacial score (nSPS) is 16.6. The number of halogens is 2. The Kier molecular flexibility index (Phi) is 7.15.